The normalized spacial score (nSPS) is 22.3. The van der Waals surface area contributed by atoms with Crippen molar-refractivity contribution in [2.75, 3.05) is 6.61 Å². The number of carbonyl (C=O) groups excluding carboxylic acids is 1. The minimum atomic E-state index is -1.79. The maximum absolute atomic E-state index is 12.8. The van der Waals surface area contributed by atoms with Gasteiger partial charge in [0.15, 0.2) is 14.1 Å². The molecule has 0 aliphatic carbocycles. The molecule has 0 fully saturated rings. The van der Waals surface area contributed by atoms with Crippen LogP contribution in [0.5, 0.6) is 5.75 Å². The number of ketones is 1. The van der Waals surface area contributed by atoms with Crippen molar-refractivity contribution in [3.63, 3.8) is 0 Å². The molecule has 0 spiro atoms. The SMILES string of the molecule is Cc1ccc2c(c1)C(=O)/C(=C/O)C(C)(CCCO[Si](C)(C)C(C)(C)C)O2. The first kappa shape index (κ1) is 20.7. The fourth-order valence-corrected chi connectivity index (χ4v) is 4.02. The number of Topliss-reactive ketones (excluding diaryl/α,β-unsaturated/α-hetero) is 1. The molecule has 1 aliphatic heterocycles. The van der Waals surface area contributed by atoms with Crippen LogP contribution in [0.4, 0.5) is 0 Å². The monoisotopic (exact) mass is 376 g/mol. The first-order valence-electron chi connectivity index (χ1n) is 9.24. The van der Waals surface area contributed by atoms with E-state index < -0.39 is 13.9 Å². The van der Waals surface area contributed by atoms with Gasteiger partial charge in [0, 0.05) is 6.61 Å². The molecule has 26 heavy (non-hydrogen) atoms. The molecule has 1 heterocycles. The molecule has 1 aliphatic rings. The Kier molecular flexibility index (Phi) is 5.73. The van der Waals surface area contributed by atoms with E-state index in [0.717, 1.165) is 18.2 Å². The number of ether oxygens (including phenoxy) is 1. The van der Waals surface area contributed by atoms with Gasteiger partial charge in [-0.3, -0.25) is 4.79 Å². The van der Waals surface area contributed by atoms with Gasteiger partial charge in [0.2, 0.25) is 0 Å². The Balaban J connectivity index is 2.11. The third-order valence-corrected chi connectivity index (χ3v) is 10.3. The van der Waals surface area contributed by atoms with Gasteiger partial charge in [-0.05, 0) is 57.0 Å². The predicted molar refractivity (Wildman–Crippen MR) is 108 cm³/mol. The van der Waals surface area contributed by atoms with Gasteiger partial charge in [-0.1, -0.05) is 32.4 Å². The molecule has 0 aromatic heterocycles. The van der Waals surface area contributed by atoms with Gasteiger partial charge in [0.05, 0.1) is 17.4 Å². The highest BCUT2D eigenvalue weighted by Gasteiger charge is 2.42. The lowest BCUT2D eigenvalue weighted by atomic mass is 9.83. The largest absolute Gasteiger partial charge is 0.515 e. The highest BCUT2D eigenvalue weighted by molar-refractivity contribution is 6.74. The van der Waals surface area contributed by atoms with Crippen LogP contribution in [0.25, 0.3) is 0 Å². The Bertz CT molecular complexity index is 715. The quantitative estimate of drug-likeness (QED) is 0.316. The van der Waals surface area contributed by atoms with E-state index in [0.29, 0.717) is 29.9 Å². The summed E-state index contributed by atoms with van der Waals surface area (Å²) in [5, 5.41) is 9.86. The van der Waals surface area contributed by atoms with Crippen LogP contribution in [0.2, 0.25) is 18.1 Å². The molecule has 1 aromatic rings. The van der Waals surface area contributed by atoms with E-state index in [9.17, 15) is 9.90 Å². The van der Waals surface area contributed by atoms with Crippen molar-refractivity contribution in [2.24, 2.45) is 0 Å². The summed E-state index contributed by atoms with van der Waals surface area (Å²) in [7, 11) is -1.79. The Labute approximate surface area is 158 Å². The number of aliphatic hydroxyl groups excluding tert-OH is 1. The second-order valence-corrected chi connectivity index (χ2v) is 13.7. The van der Waals surface area contributed by atoms with Crippen molar-refractivity contribution in [1.82, 2.24) is 0 Å². The molecule has 4 nitrogen and oxygen atoms in total. The number of rotatable bonds is 5. The lowest BCUT2D eigenvalue weighted by molar-refractivity contribution is 0.0716. The Morgan fingerprint density at radius 3 is 2.54 bits per heavy atom. The molecule has 5 heteroatoms. The fraction of sp³-hybridized carbons (Fsp3) is 0.571. The summed E-state index contributed by atoms with van der Waals surface area (Å²) in [4.78, 5) is 12.8. The molecular formula is C21H32O4Si. The van der Waals surface area contributed by atoms with Crippen molar-refractivity contribution in [3.05, 3.63) is 41.2 Å². The average Bonchev–Trinajstić information content (AvgIpc) is 2.52. The first-order valence-corrected chi connectivity index (χ1v) is 12.2. The number of hydrogen-bond acceptors (Lipinski definition) is 4. The number of aliphatic hydroxyl groups is 1. The smallest absolute Gasteiger partial charge is 0.199 e. The van der Waals surface area contributed by atoms with Crippen molar-refractivity contribution in [2.45, 2.75) is 71.2 Å². The molecule has 1 N–H and O–H groups in total. The average molecular weight is 377 g/mol. The molecule has 0 saturated carbocycles. The first-order chi connectivity index (χ1) is 11.9. The third-order valence-electron chi connectivity index (χ3n) is 5.73. The van der Waals surface area contributed by atoms with Gasteiger partial charge in [0.25, 0.3) is 0 Å². The number of fused-ring (bicyclic) bond motifs is 1. The standard InChI is InChI=1S/C21H32O4Si/c1-15-9-10-18-16(13-15)19(23)17(14-22)21(5,25-18)11-8-12-24-26(6,7)20(2,3)4/h9-10,13-14,22H,8,11-12H2,1-7H3/b17-14-. The van der Waals surface area contributed by atoms with Crippen molar-refractivity contribution >= 4 is 14.1 Å². The molecule has 2 rings (SSSR count). The van der Waals surface area contributed by atoms with Crippen molar-refractivity contribution < 1.29 is 19.1 Å². The van der Waals surface area contributed by atoms with E-state index in [4.69, 9.17) is 9.16 Å². The summed E-state index contributed by atoms with van der Waals surface area (Å²) in [6.45, 7) is 15.5. The number of benzene rings is 1. The second-order valence-electron chi connectivity index (χ2n) is 8.92. The maximum atomic E-state index is 12.8. The van der Waals surface area contributed by atoms with Gasteiger partial charge in [-0.2, -0.15) is 0 Å². The fourth-order valence-electron chi connectivity index (χ4n) is 2.93. The van der Waals surface area contributed by atoms with E-state index in [1.54, 1.807) is 6.07 Å². The number of carbonyl (C=O) groups is 1. The molecule has 0 radical (unpaired) electrons. The van der Waals surface area contributed by atoms with Crippen LogP contribution in [0.15, 0.2) is 30.0 Å². The summed E-state index contributed by atoms with van der Waals surface area (Å²) in [6, 6.07) is 5.57. The Morgan fingerprint density at radius 2 is 1.96 bits per heavy atom. The molecule has 1 unspecified atom stereocenters. The minimum absolute atomic E-state index is 0.162. The zero-order valence-corrected chi connectivity index (χ0v) is 18.1. The lowest BCUT2D eigenvalue weighted by Gasteiger charge is -2.38. The molecule has 144 valence electrons. The van der Waals surface area contributed by atoms with E-state index >= 15 is 0 Å². The van der Waals surface area contributed by atoms with Crippen LogP contribution in [-0.2, 0) is 4.43 Å². The minimum Gasteiger partial charge on any atom is -0.515 e. The third kappa shape index (κ3) is 4.04. The molecule has 0 saturated heterocycles. The second kappa shape index (κ2) is 7.20. The molecular weight excluding hydrogens is 344 g/mol. The van der Waals surface area contributed by atoms with Gasteiger partial charge >= 0.3 is 0 Å². The summed E-state index contributed by atoms with van der Waals surface area (Å²) in [5.41, 5.74) is 0.970. The van der Waals surface area contributed by atoms with Crippen LogP contribution in [0.3, 0.4) is 0 Å². The summed E-state index contributed by atoms with van der Waals surface area (Å²) in [5.74, 6) is 0.421. The van der Waals surface area contributed by atoms with Crippen LogP contribution < -0.4 is 4.74 Å². The van der Waals surface area contributed by atoms with Crippen LogP contribution in [0.1, 0.15) is 56.5 Å². The van der Waals surface area contributed by atoms with Crippen molar-refractivity contribution in [1.29, 1.82) is 0 Å². The van der Waals surface area contributed by atoms with Crippen LogP contribution in [-0.4, -0.2) is 31.4 Å². The summed E-state index contributed by atoms with van der Waals surface area (Å²) >= 11 is 0. The van der Waals surface area contributed by atoms with Crippen LogP contribution in [0, 0.1) is 6.92 Å². The van der Waals surface area contributed by atoms with Crippen molar-refractivity contribution in [3.8, 4) is 5.75 Å². The zero-order chi connectivity index (χ0) is 19.8. The maximum Gasteiger partial charge on any atom is 0.199 e. The lowest BCUT2D eigenvalue weighted by Crippen LogP contribution is -2.43. The summed E-state index contributed by atoms with van der Waals surface area (Å²) < 4.78 is 12.4. The van der Waals surface area contributed by atoms with Gasteiger partial charge in [-0.15, -0.1) is 0 Å². The topological polar surface area (TPSA) is 55.8 Å². The predicted octanol–water partition coefficient (Wildman–Crippen LogP) is 5.57. The van der Waals surface area contributed by atoms with E-state index in [1.165, 1.54) is 0 Å². The molecule has 0 amide bonds. The zero-order valence-electron chi connectivity index (χ0n) is 17.1. The number of hydrogen-bond donors (Lipinski definition) is 1. The van der Waals surface area contributed by atoms with E-state index in [2.05, 4.69) is 33.9 Å². The highest BCUT2D eigenvalue weighted by Crippen LogP contribution is 2.40. The Morgan fingerprint density at radius 1 is 1.31 bits per heavy atom. The molecule has 1 atom stereocenters. The Hall–Kier alpha value is -1.59. The van der Waals surface area contributed by atoms with Gasteiger partial charge in [0.1, 0.15) is 11.4 Å². The van der Waals surface area contributed by atoms with E-state index in [1.807, 2.05) is 26.0 Å². The van der Waals surface area contributed by atoms with Gasteiger partial charge in [-0.25, -0.2) is 0 Å². The van der Waals surface area contributed by atoms with Gasteiger partial charge < -0.3 is 14.3 Å². The molecule has 0 bridgehead atoms. The van der Waals surface area contributed by atoms with Crippen LogP contribution >= 0.6 is 0 Å². The van der Waals surface area contributed by atoms with E-state index in [-0.39, 0.29) is 10.8 Å². The molecule has 1 aromatic carbocycles. The summed E-state index contributed by atoms with van der Waals surface area (Å²) in [6.07, 6.45) is 2.27. The number of aryl methyl sites for hydroxylation is 1. The highest BCUT2D eigenvalue weighted by atomic mass is 28.4.